The van der Waals surface area contributed by atoms with Crippen LogP contribution in [0.1, 0.15) is 13.8 Å². The first-order valence-electron chi connectivity index (χ1n) is 5.36. The molecule has 2 unspecified atom stereocenters. The molecule has 0 radical (unpaired) electrons. The third kappa shape index (κ3) is 1.84. The molecule has 0 aromatic heterocycles. The minimum absolute atomic E-state index is 0.184. The maximum atomic E-state index is 12.0. The van der Waals surface area contributed by atoms with E-state index < -0.39 is 0 Å². The molecule has 0 bridgehead atoms. The van der Waals surface area contributed by atoms with Gasteiger partial charge in [-0.3, -0.25) is 9.59 Å². The van der Waals surface area contributed by atoms with Crippen molar-refractivity contribution in [1.82, 2.24) is 0 Å². The fourth-order valence-electron chi connectivity index (χ4n) is 1.91. The van der Waals surface area contributed by atoms with Gasteiger partial charge < -0.3 is 5.73 Å². The van der Waals surface area contributed by atoms with Crippen LogP contribution >= 0.6 is 15.9 Å². The Balaban J connectivity index is 2.47. The number of amides is 2. The van der Waals surface area contributed by atoms with Crippen molar-refractivity contribution in [3.05, 3.63) is 22.7 Å². The monoisotopic (exact) mass is 296 g/mol. The van der Waals surface area contributed by atoms with E-state index in [9.17, 15) is 9.59 Å². The van der Waals surface area contributed by atoms with Crippen LogP contribution < -0.4 is 10.6 Å². The minimum Gasteiger partial charge on any atom is -0.397 e. The second-order valence-corrected chi connectivity index (χ2v) is 5.21. The molecule has 1 aromatic rings. The molecule has 0 aliphatic carbocycles. The number of rotatable bonds is 1. The molecule has 2 amide bonds. The zero-order chi connectivity index (χ0) is 12.7. The highest BCUT2D eigenvalue weighted by Crippen LogP contribution is 2.34. The Bertz CT molecular complexity index is 481. The molecule has 1 aliphatic rings. The Morgan fingerprint density at radius 3 is 2.18 bits per heavy atom. The first-order chi connectivity index (χ1) is 7.93. The molecule has 0 spiro atoms. The number of nitrogen functional groups attached to an aromatic ring is 1. The van der Waals surface area contributed by atoms with Crippen molar-refractivity contribution in [1.29, 1.82) is 0 Å². The third-order valence-corrected chi connectivity index (χ3v) is 3.69. The number of nitrogens with zero attached hydrogens (tertiary/aromatic N) is 1. The molecule has 1 aromatic carbocycles. The minimum atomic E-state index is -0.287. The van der Waals surface area contributed by atoms with Gasteiger partial charge in [0.1, 0.15) is 0 Å². The Hall–Kier alpha value is -1.36. The summed E-state index contributed by atoms with van der Waals surface area (Å²) < 4.78 is 0.818. The van der Waals surface area contributed by atoms with Gasteiger partial charge in [0.15, 0.2) is 0 Å². The highest BCUT2D eigenvalue weighted by atomic mass is 79.9. The van der Waals surface area contributed by atoms with Crippen LogP contribution in [0.15, 0.2) is 22.7 Å². The van der Waals surface area contributed by atoms with Crippen molar-refractivity contribution in [2.45, 2.75) is 13.8 Å². The van der Waals surface area contributed by atoms with Gasteiger partial charge in [0.05, 0.1) is 11.4 Å². The molecule has 2 atom stereocenters. The summed E-state index contributed by atoms with van der Waals surface area (Å²) in [4.78, 5) is 25.2. The van der Waals surface area contributed by atoms with E-state index in [4.69, 9.17) is 5.73 Å². The summed E-state index contributed by atoms with van der Waals surface area (Å²) in [6.45, 7) is 3.53. The number of anilines is 2. The summed E-state index contributed by atoms with van der Waals surface area (Å²) in [7, 11) is 0. The molecule has 4 nitrogen and oxygen atoms in total. The van der Waals surface area contributed by atoms with Crippen molar-refractivity contribution in [3.8, 4) is 0 Å². The van der Waals surface area contributed by atoms with Crippen LogP contribution in [-0.4, -0.2) is 11.8 Å². The molecule has 2 rings (SSSR count). The zero-order valence-corrected chi connectivity index (χ0v) is 11.2. The molecular weight excluding hydrogens is 284 g/mol. The van der Waals surface area contributed by atoms with E-state index in [-0.39, 0.29) is 23.7 Å². The summed E-state index contributed by atoms with van der Waals surface area (Å²) in [5.41, 5.74) is 6.73. The molecule has 1 heterocycles. The zero-order valence-electron chi connectivity index (χ0n) is 9.61. The van der Waals surface area contributed by atoms with Gasteiger partial charge in [-0.1, -0.05) is 29.8 Å². The van der Waals surface area contributed by atoms with Gasteiger partial charge in [-0.15, -0.1) is 0 Å². The fraction of sp³-hybridized carbons (Fsp3) is 0.333. The highest BCUT2D eigenvalue weighted by Gasteiger charge is 2.43. The van der Waals surface area contributed by atoms with Crippen LogP contribution in [0.2, 0.25) is 0 Å². The molecule has 0 saturated carbocycles. The lowest BCUT2D eigenvalue weighted by Crippen LogP contribution is -2.31. The Morgan fingerprint density at radius 1 is 1.18 bits per heavy atom. The Labute approximate surface area is 108 Å². The third-order valence-electron chi connectivity index (χ3n) is 3.20. The van der Waals surface area contributed by atoms with Gasteiger partial charge in [0.2, 0.25) is 11.8 Å². The molecular formula is C12H13BrN2O2. The lowest BCUT2D eigenvalue weighted by molar-refractivity contribution is -0.122. The van der Waals surface area contributed by atoms with Gasteiger partial charge in [0, 0.05) is 16.3 Å². The Kier molecular flexibility index (Phi) is 2.95. The van der Waals surface area contributed by atoms with Crippen LogP contribution in [0, 0.1) is 11.8 Å². The van der Waals surface area contributed by atoms with Crippen molar-refractivity contribution in [2.24, 2.45) is 11.8 Å². The lowest BCUT2D eigenvalue weighted by atomic mass is 10.00. The predicted octanol–water partition coefficient (Wildman–Crippen LogP) is 2.18. The number of benzene rings is 1. The van der Waals surface area contributed by atoms with Crippen LogP contribution in [0.3, 0.4) is 0 Å². The van der Waals surface area contributed by atoms with Crippen LogP contribution in [0.5, 0.6) is 0 Å². The van der Waals surface area contributed by atoms with Gasteiger partial charge in [-0.25, -0.2) is 4.90 Å². The number of imide groups is 1. The summed E-state index contributed by atoms with van der Waals surface area (Å²) in [6.07, 6.45) is 0. The molecule has 1 aliphatic heterocycles. The standard InChI is InChI=1S/C12H13BrN2O2/c1-6-7(2)12(17)15(11(6)16)10-4-3-8(13)5-9(10)14/h3-7H,14H2,1-2H3. The van der Waals surface area contributed by atoms with E-state index in [0.717, 1.165) is 4.47 Å². The quantitative estimate of drug-likeness (QED) is 0.638. The van der Waals surface area contributed by atoms with Crippen LogP contribution in [0.4, 0.5) is 11.4 Å². The fourth-order valence-corrected chi connectivity index (χ4v) is 2.29. The normalized spacial score (nSPS) is 24.5. The lowest BCUT2D eigenvalue weighted by Gasteiger charge is -2.16. The number of hydrogen-bond acceptors (Lipinski definition) is 3. The maximum Gasteiger partial charge on any atom is 0.237 e. The molecule has 1 saturated heterocycles. The van der Waals surface area contributed by atoms with Gasteiger partial charge in [-0.05, 0) is 18.2 Å². The number of hydrogen-bond donors (Lipinski definition) is 1. The summed E-state index contributed by atoms with van der Waals surface area (Å²) in [5, 5.41) is 0. The van der Waals surface area contributed by atoms with E-state index in [1.54, 1.807) is 32.0 Å². The van der Waals surface area contributed by atoms with Crippen molar-refractivity contribution >= 4 is 39.1 Å². The number of halogens is 1. The number of carbonyl (C=O) groups is 2. The largest absolute Gasteiger partial charge is 0.397 e. The summed E-state index contributed by atoms with van der Waals surface area (Å²) in [6, 6.07) is 5.13. The summed E-state index contributed by atoms with van der Waals surface area (Å²) in [5.74, 6) is -0.941. The molecule has 2 N–H and O–H groups in total. The van der Waals surface area contributed by atoms with E-state index >= 15 is 0 Å². The maximum absolute atomic E-state index is 12.0. The van der Waals surface area contributed by atoms with Crippen molar-refractivity contribution in [2.75, 3.05) is 10.6 Å². The topological polar surface area (TPSA) is 63.4 Å². The van der Waals surface area contributed by atoms with E-state index in [1.165, 1.54) is 4.90 Å². The molecule has 17 heavy (non-hydrogen) atoms. The van der Waals surface area contributed by atoms with E-state index in [0.29, 0.717) is 11.4 Å². The van der Waals surface area contributed by atoms with Crippen LogP contribution in [0.25, 0.3) is 0 Å². The SMILES string of the molecule is CC1C(=O)N(c2ccc(Br)cc2N)C(=O)C1C. The van der Waals surface area contributed by atoms with E-state index in [2.05, 4.69) is 15.9 Å². The second kappa shape index (κ2) is 4.14. The Morgan fingerprint density at radius 2 is 1.71 bits per heavy atom. The van der Waals surface area contributed by atoms with Crippen molar-refractivity contribution < 1.29 is 9.59 Å². The average Bonchev–Trinajstić information content (AvgIpc) is 2.45. The van der Waals surface area contributed by atoms with Gasteiger partial charge in [0.25, 0.3) is 0 Å². The number of nitrogens with two attached hydrogens (primary N) is 1. The second-order valence-electron chi connectivity index (χ2n) is 4.29. The van der Waals surface area contributed by atoms with Gasteiger partial charge in [-0.2, -0.15) is 0 Å². The highest BCUT2D eigenvalue weighted by molar-refractivity contribution is 9.10. The number of carbonyl (C=O) groups excluding carboxylic acids is 2. The predicted molar refractivity (Wildman–Crippen MR) is 69.4 cm³/mol. The van der Waals surface area contributed by atoms with Crippen LogP contribution in [-0.2, 0) is 9.59 Å². The average molecular weight is 297 g/mol. The molecule has 5 heteroatoms. The summed E-state index contributed by atoms with van der Waals surface area (Å²) >= 11 is 3.29. The first kappa shape index (κ1) is 12.1. The first-order valence-corrected chi connectivity index (χ1v) is 6.15. The molecule has 1 fully saturated rings. The van der Waals surface area contributed by atoms with E-state index in [1.807, 2.05) is 0 Å². The smallest absolute Gasteiger partial charge is 0.237 e. The van der Waals surface area contributed by atoms with Crippen molar-refractivity contribution in [3.63, 3.8) is 0 Å². The van der Waals surface area contributed by atoms with Gasteiger partial charge >= 0.3 is 0 Å². The molecule has 90 valence electrons.